The molecule has 0 radical (unpaired) electrons. The van der Waals surface area contributed by atoms with Crippen LogP contribution in [0.3, 0.4) is 0 Å². The lowest BCUT2D eigenvalue weighted by molar-refractivity contribution is 0.0996. The monoisotopic (exact) mass is 413 g/mol. The Bertz CT molecular complexity index is 777. The number of hydrogen-bond acceptors (Lipinski definition) is 5. The van der Waals surface area contributed by atoms with E-state index in [9.17, 15) is 4.79 Å². The van der Waals surface area contributed by atoms with Crippen molar-refractivity contribution in [1.29, 1.82) is 0 Å². The highest BCUT2D eigenvalue weighted by Crippen LogP contribution is 2.30. The van der Waals surface area contributed by atoms with Crippen LogP contribution in [0.15, 0.2) is 50.5 Å². The average Bonchev–Trinajstić information content (AvgIpc) is 2.94. The van der Waals surface area contributed by atoms with E-state index in [-0.39, 0.29) is 24.1 Å². The minimum atomic E-state index is -0.559. The second kappa shape index (κ2) is 7.38. The van der Waals surface area contributed by atoms with Crippen molar-refractivity contribution in [3.8, 4) is 0 Å². The van der Waals surface area contributed by atoms with Crippen molar-refractivity contribution in [1.82, 2.24) is 0 Å². The zero-order chi connectivity index (χ0) is 16.4. The van der Waals surface area contributed by atoms with Crippen LogP contribution in [0.5, 0.6) is 0 Å². The Balaban J connectivity index is 0.00000208. The van der Waals surface area contributed by atoms with E-state index in [0.29, 0.717) is 29.2 Å². The number of nitrogens with one attached hydrogen (secondary N) is 1. The van der Waals surface area contributed by atoms with Crippen LogP contribution in [0, 0.1) is 0 Å². The van der Waals surface area contributed by atoms with Gasteiger partial charge in [-0.25, -0.2) is 0 Å². The molecule has 1 atom stereocenters. The third-order valence-corrected chi connectivity index (χ3v) is 3.97. The fourth-order valence-electron chi connectivity index (χ4n) is 2.44. The van der Waals surface area contributed by atoms with Gasteiger partial charge in [0.2, 0.25) is 0 Å². The Morgan fingerprint density at radius 2 is 2.21 bits per heavy atom. The minimum Gasteiger partial charge on any atom is -0.458 e. The molecule has 24 heavy (non-hydrogen) atoms. The lowest BCUT2D eigenvalue weighted by Crippen LogP contribution is -2.37. The highest BCUT2D eigenvalue weighted by Gasteiger charge is 2.30. The van der Waals surface area contributed by atoms with Gasteiger partial charge in [-0.15, -0.1) is 12.4 Å². The van der Waals surface area contributed by atoms with E-state index in [1.165, 1.54) is 6.26 Å². The molecule has 3 N–H and O–H groups in total. The molecule has 0 bridgehead atoms. The normalized spacial score (nSPS) is 20.0. The molecule has 0 saturated heterocycles. The van der Waals surface area contributed by atoms with Crippen molar-refractivity contribution in [2.75, 3.05) is 18.5 Å². The first-order valence-electron chi connectivity index (χ1n) is 7.04. The van der Waals surface area contributed by atoms with Crippen LogP contribution in [0.2, 0.25) is 0 Å². The van der Waals surface area contributed by atoms with E-state index in [1.54, 1.807) is 12.1 Å². The predicted molar refractivity (Wildman–Crippen MR) is 97.8 cm³/mol. The lowest BCUT2D eigenvalue weighted by Gasteiger charge is -2.30. The van der Waals surface area contributed by atoms with Gasteiger partial charge in [-0.2, -0.15) is 0 Å². The van der Waals surface area contributed by atoms with Crippen molar-refractivity contribution in [3.63, 3.8) is 0 Å². The number of rotatable bonds is 3. The maximum absolute atomic E-state index is 12.1. The van der Waals surface area contributed by atoms with Gasteiger partial charge in [-0.3, -0.25) is 9.79 Å². The number of aliphatic imine (C=N–C) groups is 1. The predicted octanol–water partition coefficient (Wildman–Crippen LogP) is 3.32. The number of carbonyl (C=O) groups is 1. The number of amides is 1. The molecule has 6 nitrogen and oxygen atoms in total. The Hall–Kier alpha value is -1.83. The van der Waals surface area contributed by atoms with Crippen LogP contribution >= 0.6 is 28.3 Å². The van der Waals surface area contributed by atoms with Crippen LogP contribution in [-0.4, -0.2) is 25.0 Å². The van der Waals surface area contributed by atoms with Gasteiger partial charge in [0.1, 0.15) is 24.2 Å². The van der Waals surface area contributed by atoms with Crippen LogP contribution in [0.1, 0.15) is 23.0 Å². The lowest BCUT2D eigenvalue weighted by atomic mass is 9.92. The summed E-state index contributed by atoms with van der Waals surface area (Å²) in [6.07, 6.45) is 1.46. The van der Waals surface area contributed by atoms with Crippen LogP contribution < -0.4 is 11.1 Å². The largest absolute Gasteiger partial charge is 0.458 e. The number of carbonyl (C=O) groups excluding carboxylic acids is 1. The quantitative estimate of drug-likeness (QED) is 0.806. The van der Waals surface area contributed by atoms with Crippen LogP contribution in [-0.2, 0) is 10.3 Å². The van der Waals surface area contributed by atoms with Gasteiger partial charge in [0.25, 0.3) is 5.91 Å². The maximum Gasteiger partial charge on any atom is 0.291 e. The second-order valence-electron chi connectivity index (χ2n) is 5.53. The van der Waals surface area contributed by atoms with Gasteiger partial charge in [0.05, 0.1) is 11.1 Å². The molecule has 1 aromatic heterocycles. The number of halogens is 2. The van der Waals surface area contributed by atoms with E-state index in [1.807, 2.05) is 25.1 Å². The third kappa shape index (κ3) is 3.98. The molecule has 0 spiro atoms. The van der Waals surface area contributed by atoms with Crippen molar-refractivity contribution in [2.24, 2.45) is 10.7 Å². The summed E-state index contributed by atoms with van der Waals surface area (Å²) >= 11 is 3.25. The van der Waals surface area contributed by atoms with Gasteiger partial charge in [-0.1, -0.05) is 12.1 Å². The molecule has 0 aliphatic carbocycles. The Morgan fingerprint density at radius 1 is 1.42 bits per heavy atom. The number of nitrogens with two attached hydrogens (primary N) is 1. The number of anilines is 1. The molecule has 2 heterocycles. The molecule has 2 aromatic rings. The van der Waals surface area contributed by atoms with E-state index in [2.05, 4.69) is 26.2 Å². The fourth-order valence-corrected chi connectivity index (χ4v) is 2.74. The highest BCUT2D eigenvalue weighted by atomic mass is 79.9. The van der Waals surface area contributed by atoms with Gasteiger partial charge in [0.15, 0.2) is 5.76 Å². The van der Waals surface area contributed by atoms with E-state index in [0.717, 1.165) is 5.56 Å². The third-order valence-electron chi connectivity index (χ3n) is 3.56. The van der Waals surface area contributed by atoms with Gasteiger partial charge < -0.3 is 20.2 Å². The molecule has 1 unspecified atom stereocenters. The van der Waals surface area contributed by atoms with E-state index < -0.39 is 5.54 Å². The zero-order valence-corrected chi connectivity index (χ0v) is 15.3. The fraction of sp³-hybridized carbons (Fsp3) is 0.250. The molecule has 3 rings (SSSR count). The minimum absolute atomic E-state index is 0. The summed E-state index contributed by atoms with van der Waals surface area (Å²) in [6.45, 7) is 2.74. The average molecular weight is 415 g/mol. The molecule has 1 amide bonds. The van der Waals surface area contributed by atoms with Crippen molar-refractivity contribution < 1.29 is 13.9 Å². The Labute approximate surface area is 154 Å². The van der Waals surface area contributed by atoms with Gasteiger partial charge in [-0.05, 0) is 40.5 Å². The summed E-state index contributed by atoms with van der Waals surface area (Å²) in [5.41, 5.74) is 6.79. The number of nitrogens with zero attached hydrogens (tertiary/aromatic N) is 1. The molecule has 8 heteroatoms. The Morgan fingerprint density at radius 3 is 2.88 bits per heavy atom. The van der Waals surface area contributed by atoms with Crippen LogP contribution in [0.4, 0.5) is 5.69 Å². The summed E-state index contributed by atoms with van der Waals surface area (Å²) < 4.78 is 11.4. The second-order valence-corrected chi connectivity index (χ2v) is 6.45. The molecule has 128 valence electrons. The molecular weight excluding hydrogens is 398 g/mol. The maximum atomic E-state index is 12.1. The van der Waals surface area contributed by atoms with Gasteiger partial charge >= 0.3 is 0 Å². The van der Waals surface area contributed by atoms with E-state index in [4.69, 9.17) is 14.9 Å². The first kappa shape index (κ1) is 18.5. The molecule has 0 fully saturated rings. The molecular formula is C16H17BrClN3O3. The summed E-state index contributed by atoms with van der Waals surface area (Å²) in [6, 6.07) is 9.07. The number of hydrogen-bond donors (Lipinski definition) is 2. The number of amidine groups is 1. The summed E-state index contributed by atoms with van der Waals surface area (Å²) in [7, 11) is 0. The number of benzene rings is 1. The Kier molecular flexibility index (Phi) is 5.69. The number of ether oxygens (including phenoxy) is 1. The molecule has 0 saturated carbocycles. The molecule has 1 aliphatic heterocycles. The topological polar surface area (TPSA) is 89.8 Å². The van der Waals surface area contributed by atoms with Crippen LogP contribution in [0.25, 0.3) is 0 Å². The standard InChI is InChI=1S/C16H16BrN3O3.ClH/c1-16(9-22-8-14(18)20-16)10-3-2-4-12(5-10)19-15(21)13-6-11(17)7-23-13;/h2-7H,8-9H2,1H3,(H2,18,20)(H,19,21);1H. The summed E-state index contributed by atoms with van der Waals surface area (Å²) in [4.78, 5) is 16.6. The van der Waals surface area contributed by atoms with Crippen molar-refractivity contribution in [2.45, 2.75) is 12.5 Å². The van der Waals surface area contributed by atoms with E-state index >= 15 is 0 Å². The summed E-state index contributed by atoms with van der Waals surface area (Å²) in [5, 5.41) is 2.81. The van der Waals surface area contributed by atoms with Crippen molar-refractivity contribution >= 4 is 45.8 Å². The summed E-state index contributed by atoms with van der Waals surface area (Å²) in [5.74, 6) is 0.381. The molecule has 1 aromatic carbocycles. The first-order chi connectivity index (χ1) is 11.0. The number of furan rings is 1. The SMILES string of the molecule is CC1(c2cccc(NC(=O)c3cc(Br)co3)c2)COCC(N)=N1.Cl. The van der Waals surface area contributed by atoms with Crippen molar-refractivity contribution in [3.05, 3.63) is 52.4 Å². The zero-order valence-electron chi connectivity index (χ0n) is 12.9. The smallest absolute Gasteiger partial charge is 0.291 e. The highest BCUT2D eigenvalue weighted by molar-refractivity contribution is 9.10. The molecule has 1 aliphatic rings. The van der Waals surface area contributed by atoms with Gasteiger partial charge in [0, 0.05) is 11.8 Å². The first-order valence-corrected chi connectivity index (χ1v) is 7.83.